The fraction of sp³-hybridized carbons (Fsp3) is 0.385. The molecule has 90 valence electrons. The molecule has 0 bridgehead atoms. The fourth-order valence-corrected chi connectivity index (χ4v) is 2.02. The van der Waals surface area contributed by atoms with E-state index in [0.717, 1.165) is 17.7 Å². The number of hydrogen-bond acceptors (Lipinski definition) is 3. The standard InChI is InChI=1S/C13H16N2O2/c1-8(16)15-13(17)12-7-11(12)9-3-5-10(14-2)6-4-9/h3-6,11-12,14H,7H2,1-2H3,(H,15,16,17). The molecule has 1 saturated carbocycles. The Morgan fingerprint density at radius 2 is 1.88 bits per heavy atom. The van der Waals surface area contributed by atoms with Crippen molar-refractivity contribution in [1.82, 2.24) is 5.32 Å². The van der Waals surface area contributed by atoms with Crippen LogP contribution in [0, 0.1) is 5.92 Å². The molecule has 2 amide bonds. The molecule has 0 radical (unpaired) electrons. The molecular weight excluding hydrogens is 216 g/mol. The topological polar surface area (TPSA) is 58.2 Å². The Balaban J connectivity index is 1.97. The lowest BCUT2D eigenvalue weighted by molar-refractivity contribution is -0.130. The summed E-state index contributed by atoms with van der Waals surface area (Å²) in [7, 11) is 1.87. The summed E-state index contributed by atoms with van der Waals surface area (Å²) in [6, 6.07) is 8.04. The van der Waals surface area contributed by atoms with E-state index in [4.69, 9.17) is 0 Å². The summed E-state index contributed by atoms with van der Waals surface area (Å²) in [4.78, 5) is 22.4. The van der Waals surface area contributed by atoms with Gasteiger partial charge < -0.3 is 5.32 Å². The number of hydrogen-bond donors (Lipinski definition) is 2. The lowest BCUT2D eigenvalue weighted by Crippen LogP contribution is -2.29. The van der Waals surface area contributed by atoms with Crippen LogP contribution in [-0.2, 0) is 9.59 Å². The summed E-state index contributed by atoms with van der Waals surface area (Å²) >= 11 is 0. The SMILES string of the molecule is CNc1ccc(C2CC2C(=O)NC(C)=O)cc1. The third kappa shape index (κ3) is 2.64. The number of benzene rings is 1. The third-order valence-corrected chi connectivity index (χ3v) is 3.05. The van der Waals surface area contributed by atoms with E-state index in [0.29, 0.717) is 0 Å². The average molecular weight is 232 g/mol. The highest BCUT2D eigenvalue weighted by molar-refractivity contribution is 5.96. The predicted octanol–water partition coefficient (Wildman–Crippen LogP) is 1.49. The molecular formula is C13H16N2O2. The number of amides is 2. The van der Waals surface area contributed by atoms with Crippen molar-refractivity contribution in [2.24, 2.45) is 5.92 Å². The fourth-order valence-electron chi connectivity index (χ4n) is 2.02. The van der Waals surface area contributed by atoms with Gasteiger partial charge in [-0.1, -0.05) is 12.1 Å². The second kappa shape index (κ2) is 4.57. The summed E-state index contributed by atoms with van der Waals surface area (Å²) in [6.07, 6.45) is 0.831. The quantitative estimate of drug-likeness (QED) is 0.830. The van der Waals surface area contributed by atoms with Crippen molar-refractivity contribution < 1.29 is 9.59 Å². The Kier molecular flexibility index (Phi) is 3.13. The molecule has 2 N–H and O–H groups in total. The highest BCUT2D eigenvalue weighted by Crippen LogP contribution is 2.47. The van der Waals surface area contributed by atoms with Crippen molar-refractivity contribution >= 4 is 17.5 Å². The van der Waals surface area contributed by atoms with Crippen LogP contribution in [0.4, 0.5) is 5.69 Å². The molecule has 0 heterocycles. The molecule has 17 heavy (non-hydrogen) atoms. The van der Waals surface area contributed by atoms with Gasteiger partial charge in [0.15, 0.2) is 0 Å². The van der Waals surface area contributed by atoms with Gasteiger partial charge in [0, 0.05) is 25.6 Å². The summed E-state index contributed by atoms with van der Waals surface area (Å²) in [5.41, 5.74) is 2.21. The Hall–Kier alpha value is -1.84. The molecule has 2 atom stereocenters. The number of carbonyl (C=O) groups excluding carboxylic acids is 2. The molecule has 0 saturated heterocycles. The smallest absolute Gasteiger partial charge is 0.230 e. The Bertz CT molecular complexity index is 439. The largest absolute Gasteiger partial charge is 0.388 e. The minimum atomic E-state index is -0.286. The average Bonchev–Trinajstić information content (AvgIpc) is 3.08. The summed E-state index contributed by atoms with van der Waals surface area (Å²) in [5.74, 6) is -0.217. The molecule has 0 spiro atoms. The summed E-state index contributed by atoms with van der Waals surface area (Å²) < 4.78 is 0. The van der Waals surface area contributed by atoms with Crippen LogP contribution in [0.15, 0.2) is 24.3 Å². The van der Waals surface area contributed by atoms with Crippen LogP contribution in [0.2, 0.25) is 0 Å². The van der Waals surface area contributed by atoms with E-state index in [-0.39, 0.29) is 23.7 Å². The van der Waals surface area contributed by atoms with E-state index in [1.807, 2.05) is 31.3 Å². The molecule has 4 heteroatoms. The molecule has 4 nitrogen and oxygen atoms in total. The van der Waals surface area contributed by atoms with Gasteiger partial charge in [-0.15, -0.1) is 0 Å². The molecule has 0 aromatic heterocycles. The van der Waals surface area contributed by atoms with E-state index in [2.05, 4.69) is 10.6 Å². The van der Waals surface area contributed by atoms with Crippen LogP contribution in [-0.4, -0.2) is 18.9 Å². The summed E-state index contributed by atoms with van der Waals surface area (Å²) in [6.45, 7) is 1.36. The van der Waals surface area contributed by atoms with Crippen molar-refractivity contribution in [2.45, 2.75) is 19.3 Å². The number of anilines is 1. The Morgan fingerprint density at radius 3 is 2.41 bits per heavy atom. The maximum atomic E-state index is 11.6. The van der Waals surface area contributed by atoms with E-state index in [1.54, 1.807) is 0 Å². The zero-order chi connectivity index (χ0) is 12.4. The minimum absolute atomic E-state index is 0.0423. The van der Waals surface area contributed by atoms with Crippen molar-refractivity contribution in [3.05, 3.63) is 29.8 Å². The maximum absolute atomic E-state index is 11.6. The van der Waals surface area contributed by atoms with E-state index in [1.165, 1.54) is 6.92 Å². The first-order chi connectivity index (χ1) is 8.11. The van der Waals surface area contributed by atoms with Gasteiger partial charge in [0.1, 0.15) is 0 Å². The molecule has 1 aromatic carbocycles. The van der Waals surface area contributed by atoms with Crippen LogP contribution >= 0.6 is 0 Å². The number of imide groups is 1. The van der Waals surface area contributed by atoms with E-state index in [9.17, 15) is 9.59 Å². The van der Waals surface area contributed by atoms with Gasteiger partial charge in [-0.3, -0.25) is 14.9 Å². The molecule has 2 rings (SSSR count). The van der Waals surface area contributed by atoms with Gasteiger partial charge >= 0.3 is 0 Å². The predicted molar refractivity (Wildman–Crippen MR) is 65.7 cm³/mol. The van der Waals surface area contributed by atoms with Gasteiger partial charge in [0.2, 0.25) is 11.8 Å². The molecule has 0 aliphatic heterocycles. The minimum Gasteiger partial charge on any atom is -0.388 e. The molecule has 2 unspecified atom stereocenters. The maximum Gasteiger partial charge on any atom is 0.230 e. The Labute approximate surface area is 100 Å². The van der Waals surface area contributed by atoms with E-state index >= 15 is 0 Å². The molecule has 1 fully saturated rings. The first-order valence-corrected chi connectivity index (χ1v) is 5.71. The first-order valence-electron chi connectivity index (χ1n) is 5.71. The number of rotatable bonds is 3. The van der Waals surface area contributed by atoms with Gasteiger partial charge in [0.05, 0.1) is 0 Å². The number of carbonyl (C=O) groups is 2. The number of nitrogens with one attached hydrogen (secondary N) is 2. The first kappa shape index (κ1) is 11.6. The van der Waals surface area contributed by atoms with E-state index < -0.39 is 0 Å². The van der Waals surface area contributed by atoms with Crippen LogP contribution < -0.4 is 10.6 Å². The van der Waals surface area contributed by atoms with Gasteiger partial charge in [-0.2, -0.15) is 0 Å². The van der Waals surface area contributed by atoms with Crippen LogP contribution in [0.5, 0.6) is 0 Å². The van der Waals surface area contributed by atoms with Crippen LogP contribution in [0.3, 0.4) is 0 Å². The van der Waals surface area contributed by atoms with Crippen molar-refractivity contribution in [1.29, 1.82) is 0 Å². The second-order valence-electron chi connectivity index (χ2n) is 4.37. The normalized spacial score (nSPS) is 21.8. The van der Waals surface area contributed by atoms with Gasteiger partial charge in [-0.05, 0) is 30.0 Å². The lowest BCUT2D eigenvalue weighted by Gasteiger charge is -2.03. The molecule has 1 aliphatic rings. The monoisotopic (exact) mass is 232 g/mol. The van der Waals surface area contributed by atoms with Crippen molar-refractivity contribution in [2.75, 3.05) is 12.4 Å². The molecule has 1 aromatic rings. The zero-order valence-electron chi connectivity index (χ0n) is 9.99. The van der Waals surface area contributed by atoms with Crippen molar-refractivity contribution in [3.8, 4) is 0 Å². The third-order valence-electron chi connectivity index (χ3n) is 3.05. The van der Waals surface area contributed by atoms with Gasteiger partial charge in [-0.25, -0.2) is 0 Å². The lowest BCUT2D eigenvalue weighted by atomic mass is 10.1. The Morgan fingerprint density at radius 1 is 1.24 bits per heavy atom. The van der Waals surface area contributed by atoms with Crippen LogP contribution in [0.1, 0.15) is 24.8 Å². The highest BCUT2D eigenvalue weighted by atomic mass is 16.2. The second-order valence-corrected chi connectivity index (χ2v) is 4.37. The zero-order valence-corrected chi connectivity index (χ0v) is 9.99. The highest BCUT2D eigenvalue weighted by Gasteiger charge is 2.44. The van der Waals surface area contributed by atoms with Crippen molar-refractivity contribution in [3.63, 3.8) is 0 Å². The van der Waals surface area contributed by atoms with Crippen LogP contribution in [0.25, 0.3) is 0 Å². The molecule has 1 aliphatic carbocycles. The summed E-state index contributed by atoms with van der Waals surface area (Å²) in [5, 5.41) is 5.39. The van der Waals surface area contributed by atoms with Gasteiger partial charge in [0.25, 0.3) is 0 Å².